The van der Waals surface area contributed by atoms with Crippen LogP contribution in [-0.2, 0) is 9.53 Å². The molecule has 1 heterocycles. The van der Waals surface area contributed by atoms with E-state index in [1.807, 2.05) is 24.4 Å². The number of methoxy groups -OCH3 is 1. The first-order chi connectivity index (χ1) is 12.1. The van der Waals surface area contributed by atoms with Gasteiger partial charge in [0.2, 0.25) is 5.91 Å². The molecule has 5 heteroatoms. The molecule has 3 aromatic rings. The normalized spacial score (nSPS) is 11.4. The van der Waals surface area contributed by atoms with Crippen LogP contribution in [0.2, 0.25) is 0 Å². The van der Waals surface area contributed by atoms with Crippen LogP contribution in [0.4, 0.5) is 5.69 Å². The zero-order valence-corrected chi connectivity index (χ0v) is 14.7. The van der Waals surface area contributed by atoms with E-state index >= 15 is 0 Å². The van der Waals surface area contributed by atoms with Crippen molar-refractivity contribution < 1.29 is 14.3 Å². The third-order valence-electron chi connectivity index (χ3n) is 3.85. The molecule has 25 heavy (non-hydrogen) atoms. The first-order valence-corrected chi connectivity index (χ1v) is 8.60. The summed E-state index contributed by atoms with van der Waals surface area (Å²) in [5, 5.41) is 5.98. The Morgan fingerprint density at radius 3 is 2.72 bits per heavy atom. The van der Waals surface area contributed by atoms with Gasteiger partial charge in [-0.05, 0) is 53.1 Å². The minimum absolute atomic E-state index is 0.292. The molecule has 0 spiro atoms. The lowest BCUT2D eigenvalue weighted by Gasteiger charge is -2.08. The second-order valence-corrected chi connectivity index (χ2v) is 6.47. The molecule has 0 fully saturated rings. The molecule has 0 aliphatic carbocycles. The average molecular weight is 351 g/mol. The summed E-state index contributed by atoms with van der Waals surface area (Å²) in [7, 11) is 1.31. The molecule has 0 atom stereocenters. The highest BCUT2D eigenvalue weighted by atomic mass is 32.1. The monoisotopic (exact) mass is 351 g/mol. The fourth-order valence-corrected chi connectivity index (χ4v) is 3.36. The van der Waals surface area contributed by atoms with Gasteiger partial charge in [0, 0.05) is 10.8 Å². The molecule has 3 rings (SSSR count). The van der Waals surface area contributed by atoms with Crippen molar-refractivity contribution in [2.45, 2.75) is 6.92 Å². The highest BCUT2D eigenvalue weighted by molar-refractivity contribution is 7.17. The summed E-state index contributed by atoms with van der Waals surface area (Å²) in [5.74, 6) is -0.778. The Hall–Kier alpha value is -2.92. The van der Waals surface area contributed by atoms with Gasteiger partial charge in [0.05, 0.1) is 18.4 Å². The summed E-state index contributed by atoms with van der Waals surface area (Å²) >= 11 is 1.67. The minimum atomic E-state index is -0.486. The number of hydrogen-bond acceptors (Lipinski definition) is 4. The number of amides is 1. The predicted octanol–water partition coefficient (Wildman–Crippen LogP) is 4.73. The highest BCUT2D eigenvalue weighted by Crippen LogP contribution is 2.25. The Balaban J connectivity index is 1.81. The highest BCUT2D eigenvalue weighted by Gasteiger charge is 2.12. The van der Waals surface area contributed by atoms with Crippen LogP contribution in [0, 0.1) is 0 Å². The van der Waals surface area contributed by atoms with Crippen LogP contribution in [-0.4, -0.2) is 19.0 Å². The van der Waals surface area contributed by atoms with E-state index < -0.39 is 5.97 Å². The predicted molar refractivity (Wildman–Crippen MR) is 102 cm³/mol. The van der Waals surface area contributed by atoms with E-state index in [0.717, 1.165) is 11.1 Å². The fourth-order valence-electron chi connectivity index (χ4n) is 2.53. The van der Waals surface area contributed by atoms with E-state index in [4.69, 9.17) is 4.74 Å². The molecule has 0 bridgehead atoms. The molecule has 1 aromatic heterocycles. The van der Waals surface area contributed by atoms with Gasteiger partial charge >= 0.3 is 5.97 Å². The standard InChI is InChI=1S/C20H17NO3S/c1-13(15-8-7-14-9-10-25-18(14)12-15)11-19(22)21-17-6-4-3-5-16(17)20(23)24-2/h3-12H,1-2H3,(H,21,22)/b13-11+. The van der Waals surface area contributed by atoms with Crippen LogP contribution in [0.3, 0.4) is 0 Å². The topological polar surface area (TPSA) is 55.4 Å². The van der Waals surface area contributed by atoms with Gasteiger partial charge in [-0.3, -0.25) is 4.79 Å². The van der Waals surface area contributed by atoms with Crippen LogP contribution in [0.1, 0.15) is 22.8 Å². The zero-order chi connectivity index (χ0) is 17.8. The number of nitrogens with one attached hydrogen (secondary N) is 1. The van der Waals surface area contributed by atoms with Crippen LogP contribution < -0.4 is 5.32 Å². The van der Waals surface area contributed by atoms with Crippen molar-refractivity contribution in [3.05, 3.63) is 71.1 Å². The molecule has 126 valence electrons. The van der Waals surface area contributed by atoms with E-state index in [1.54, 1.807) is 35.6 Å². The van der Waals surface area contributed by atoms with Gasteiger partial charge < -0.3 is 10.1 Å². The number of ether oxygens (including phenoxy) is 1. The number of allylic oxidation sites excluding steroid dienone is 1. The number of fused-ring (bicyclic) bond motifs is 1. The Bertz CT molecular complexity index is 972. The number of hydrogen-bond donors (Lipinski definition) is 1. The SMILES string of the molecule is COC(=O)c1ccccc1NC(=O)/C=C(\C)c1ccc2ccsc2c1. The second kappa shape index (κ2) is 7.32. The molecule has 0 radical (unpaired) electrons. The number of thiophene rings is 1. The average Bonchev–Trinajstić information content (AvgIpc) is 3.09. The van der Waals surface area contributed by atoms with Crippen molar-refractivity contribution in [1.29, 1.82) is 0 Å². The van der Waals surface area contributed by atoms with Crippen LogP contribution in [0.25, 0.3) is 15.7 Å². The van der Waals surface area contributed by atoms with Gasteiger partial charge in [0.1, 0.15) is 0 Å². The third kappa shape index (κ3) is 3.78. The molecule has 4 nitrogen and oxygen atoms in total. The number of benzene rings is 2. The molecular weight excluding hydrogens is 334 g/mol. The first-order valence-electron chi connectivity index (χ1n) is 7.73. The van der Waals surface area contributed by atoms with Crippen LogP contribution >= 0.6 is 11.3 Å². The van der Waals surface area contributed by atoms with Gasteiger partial charge in [-0.25, -0.2) is 4.79 Å². The maximum absolute atomic E-state index is 12.3. The Morgan fingerprint density at radius 1 is 1.12 bits per heavy atom. The summed E-state index contributed by atoms with van der Waals surface area (Å²) < 4.78 is 5.92. The molecule has 0 saturated carbocycles. The van der Waals surface area contributed by atoms with Crippen LogP contribution in [0.15, 0.2) is 60.0 Å². The van der Waals surface area contributed by atoms with E-state index in [-0.39, 0.29) is 5.91 Å². The molecule has 0 unspecified atom stereocenters. The maximum Gasteiger partial charge on any atom is 0.339 e. The summed E-state index contributed by atoms with van der Waals surface area (Å²) in [6, 6.07) is 14.9. The number of rotatable bonds is 4. The largest absolute Gasteiger partial charge is 0.465 e. The molecule has 0 saturated heterocycles. The van der Waals surface area contributed by atoms with Crippen LogP contribution in [0.5, 0.6) is 0 Å². The number of carbonyl (C=O) groups excluding carboxylic acids is 2. The summed E-state index contributed by atoms with van der Waals surface area (Å²) in [5.41, 5.74) is 2.59. The van der Waals surface area contributed by atoms with Gasteiger partial charge in [-0.1, -0.05) is 24.3 Å². The molecule has 1 N–H and O–H groups in total. The lowest BCUT2D eigenvalue weighted by Crippen LogP contribution is -2.13. The quantitative estimate of drug-likeness (QED) is 0.546. The molecule has 0 aliphatic rings. The Morgan fingerprint density at radius 2 is 1.92 bits per heavy atom. The van der Waals surface area contributed by atoms with Gasteiger partial charge in [0.15, 0.2) is 0 Å². The van der Waals surface area contributed by atoms with Gasteiger partial charge in [-0.15, -0.1) is 11.3 Å². The summed E-state index contributed by atoms with van der Waals surface area (Å²) in [6.07, 6.45) is 1.53. The summed E-state index contributed by atoms with van der Waals surface area (Å²) in [4.78, 5) is 24.1. The fraction of sp³-hybridized carbons (Fsp3) is 0.100. The van der Waals surface area contributed by atoms with Crippen molar-refractivity contribution in [2.75, 3.05) is 12.4 Å². The number of anilines is 1. The van der Waals surface area contributed by atoms with E-state index in [1.165, 1.54) is 23.3 Å². The second-order valence-electron chi connectivity index (χ2n) is 5.53. The minimum Gasteiger partial charge on any atom is -0.465 e. The van der Waals surface area contributed by atoms with E-state index in [0.29, 0.717) is 11.3 Å². The Kier molecular flexibility index (Phi) is 4.95. The zero-order valence-electron chi connectivity index (χ0n) is 13.9. The van der Waals surface area contributed by atoms with Gasteiger partial charge in [-0.2, -0.15) is 0 Å². The van der Waals surface area contributed by atoms with Crippen molar-refractivity contribution in [3.63, 3.8) is 0 Å². The first kappa shape index (κ1) is 16.9. The van der Waals surface area contributed by atoms with E-state index in [9.17, 15) is 9.59 Å². The molecular formula is C20H17NO3S. The molecule has 2 aromatic carbocycles. The van der Waals surface area contributed by atoms with E-state index in [2.05, 4.69) is 17.4 Å². The molecule has 1 amide bonds. The van der Waals surface area contributed by atoms with Crippen molar-refractivity contribution >= 4 is 44.6 Å². The van der Waals surface area contributed by atoms with Crippen molar-refractivity contribution in [3.8, 4) is 0 Å². The Labute approximate surface area is 149 Å². The summed E-state index contributed by atoms with van der Waals surface area (Å²) in [6.45, 7) is 1.89. The number of carbonyl (C=O) groups is 2. The number of esters is 1. The van der Waals surface area contributed by atoms with Crippen molar-refractivity contribution in [2.24, 2.45) is 0 Å². The lowest BCUT2D eigenvalue weighted by atomic mass is 10.1. The molecule has 0 aliphatic heterocycles. The number of para-hydroxylation sites is 1. The third-order valence-corrected chi connectivity index (χ3v) is 4.73. The lowest BCUT2D eigenvalue weighted by molar-refractivity contribution is -0.111. The van der Waals surface area contributed by atoms with Crippen molar-refractivity contribution in [1.82, 2.24) is 0 Å². The van der Waals surface area contributed by atoms with Gasteiger partial charge in [0.25, 0.3) is 0 Å². The smallest absolute Gasteiger partial charge is 0.339 e. The maximum atomic E-state index is 12.3.